The molecule has 1 aromatic rings. The number of hydrogen-bond donors (Lipinski definition) is 1. The van der Waals surface area contributed by atoms with E-state index in [0.717, 1.165) is 0 Å². The van der Waals surface area contributed by atoms with Crippen molar-refractivity contribution in [1.29, 1.82) is 0 Å². The lowest BCUT2D eigenvalue weighted by molar-refractivity contribution is -0.140. The van der Waals surface area contributed by atoms with Crippen molar-refractivity contribution < 1.29 is 14.6 Å². The first-order valence-corrected chi connectivity index (χ1v) is 5.60. The van der Waals surface area contributed by atoms with Gasteiger partial charge < -0.3 is 14.7 Å². The Morgan fingerprint density at radius 3 is 3.06 bits per heavy atom. The molecule has 7 heteroatoms. The zero-order valence-corrected chi connectivity index (χ0v) is 9.80. The standard InChI is InChI=1S/C10H12ClN3O3/c11-8-1-2-9(13-12-8)14-3-4-17-7(6-14)5-10(15)16/h1-2,7H,3-6H2,(H,15,16). The number of hydrogen-bond acceptors (Lipinski definition) is 5. The first kappa shape index (κ1) is 12.1. The van der Waals surface area contributed by atoms with Crippen LogP contribution in [0.4, 0.5) is 5.82 Å². The highest BCUT2D eigenvalue weighted by molar-refractivity contribution is 6.29. The van der Waals surface area contributed by atoms with Crippen LogP contribution in [-0.2, 0) is 9.53 Å². The fourth-order valence-corrected chi connectivity index (χ4v) is 1.82. The molecule has 0 bridgehead atoms. The third-order valence-corrected chi connectivity index (χ3v) is 2.68. The Balaban J connectivity index is 2.01. The molecule has 92 valence electrons. The lowest BCUT2D eigenvalue weighted by Crippen LogP contribution is -2.43. The highest BCUT2D eigenvalue weighted by atomic mass is 35.5. The molecule has 2 heterocycles. The van der Waals surface area contributed by atoms with Crippen LogP contribution >= 0.6 is 11.6 Å². The van der Waals surface area contributed by atoms with Gasteiger partial charge in [-0.1, -0.05) is 11.6 Å². The highest BCUT2D eigenvalue weighted by Gasteiger charge is 2.23. The fraction of sp³-hybridized carbons (Fsp3) is 0.500. The monoisotopic (exact) mass is 257 g/mol. The largest absolute Gasteiger partial charge is 0.481 e. The first-order chi connectivity index (χ1) is 8.15. The highest BCUT2D eigenvalue weighted by Crippen LogP contribution is 2.16. The number of carboxylic acids is 1. The quantitative estimate of drug-likeness (QED) is 0.864. The summed E-state index contributed by atoms with van der Waals surface area (Å²) in [5.41, 5.74) is 0. The summed E-state index contributed by atoms with van der Waals surface area (Å²) in [6.45, 7) is 1.66. The fourth-order valence-electron chi connectivity index (χ4n) is 1.72. The maximum atomic E-state index is 10.6. The van der Waals surface area contributed by atoms with Crippen LogP contribution in [0.2, 0.25) is 5.15 Å². The van der Waals surface area contributed by atoms with Gasteiger partial charge in [-0.3, -0.25) is 4.79 Å². The lowest BCUT2D eigenvalue weighted by atomic mass is 10.2. The van der Waals surface area contributed by atoms with Gasteiger partial charge in [-0.2, -0.15) is 0 Å². The summed E-state index contributed by atoms with van der Waals surface area (Å²) in [5.74, 6) is -0.174. The van der Waals surface area contributed by atoms with Crippen molar-refractivity contribution in [3.8, 4) is 0 Å². The summed E-state index contributed by atoms with van der Waals surface area (Å²) in [6, 6.07) is 3.42. The van der Waals surface area contributed by atoms with Crippen LogP contribution in [0.5, 0.6) is 0 Å². The van der Waals surface area contributed by atoms with E-state index in [0.29, 0.717) is 30.7 Å². The number of halogens is 1. The number of aliphatic carboxylic acids is 1. The Morgan fingerprint density at radius 1 is 1.59 bits per heavy atom. The van der Waals surface area contributed by atoms with Gasteiger partial charge in [0.1, 0.15) is 0 Å². The molecule has 1 aliphatic heterocycles. The summed E-state index contributed by atoms with van der Waals surface area (Å²) in [5, 5.41) is 16.8. The Bertz CT molecular complexity index is 398. The van der Waals surface area contributed by atoms with Crippen molar-refractivity contribution in [3.05, 3.63) is 17.3 Å². The van der Waals surface area contributed by atoms with Gasteiger partial charge in [0.2, 0.25) is 0 Å². The summed E-state index contributed by atoms with van der Waals surface area (Å²) < 4.78 is 5.37. The molecule has 0 radical (unpaired) electrons. The number of carboxylic acid groups (broad SMARTS) is 1. The third-order valence-electron chi connectivity index (χ3n) is 2.48. The van der Waals surface area contributed by atoms with Crippen molar-refractivity contribution >= 4 is 23.4 Å². The van der Waals surface area contributed by atoms with E-state index in [1.54, 1.807) is 12.1 Å². The van der Waals surface area contributed by atoms with Gasteiger partial charge in [0.05, 0.1) is 19.1 Å². The van der Waals surface area contributed by atoms with Crippen molar-refractivity contribution in [3.63, 3.8) is 0 Å². The van der Waals surface area contributed by atoms with E-state index in [4.69, 9.17) is 21.4 Å². The SMILES string of the molecule is O=C(O)CC1CN(c2ccc(Cl)nn2)CCO1. The molecule has 1 fully saturated rings. The second kappa shape index (κ2) is 5.29. The van der Waals surface area contributed by atoms with Crippen LogP contribution in [0.1, 0.15) is 6.42 Å². The molecular weight excluding hydrogens is 246 g/mol. The number of ether oxygens (including phenoxy) is 1. The van der Waals surface area contributed by atoms with E-state index in [9.17, 15) is 4.79 Å². The van der Waals surface area contributed by atoms with E-state index in [1.807, 2.05) is 4.90 Å². The molecule has 1 N–H and O–H groups in total. The minimum absolute atomic E-state index is 0.00246. The van der Waals surface area contributed by atoms with Gasteiger partial charge in [-0.15, -0.1) is 10.2 Å². The molecule has 2 rings (SSSR count). The number of morpholine rings is 1. The summed E-state index contributed by atoms with van der Waals surface area (Å²) in [4.78, 5) is 12.6. The van der Waals surface area contributed by atoms with Gasteiger partial charge in [-0.05, 0) is 12.1 Å². The third kappa shape index (κ3) is 3.28. The Hall–Kier alpha value is -1.40. The van der Waals surface area contributed by atoms with Crippen molar-refractivity contribution in [2.24, 2.45) is 0 Å². The van der Waals surface area contributed by atoms with Crippen LogP contribution in [0, 0.1) is 0 Å². The molecule has 0 saturated carbocycles. The average Bonchev–Trinajstić information content (AvgIpc) is 2.29. The zero-order valence-electron chi connectivity index (χ0n) is 9.04. The molecule has 0 spiro atoms. The second-order valence-electron chi connectivity index (χ2n) is 3.75. The van der Waals surface area contributed by atoms with Crippen molar-refractivity contribution in [2.75, 3.05) is 24.6 Å². The van der Waals surface area contributed by atoms with Gasteiger partial charge in [-0.25, -0.2) is 0 Å². The maximum Gasteiger partial charge on any atom is 0.306 e. The summed E-state index contributed by atoms with van der Waals surface area (Å²) in [6.07, 6.45) is -0.309. The number of nitrogens with zero attached hydrogens (tertiary/aromatic N) is 3. The van der Waals surface area contributed by atoms with Crippen molar-refractivity contribution in [2.45, 2.75) is 12.5 Å². The number of rotatable bonds is 3. The van der Waals surface area contributed by atoms with Gasteiger partial charge in [0, 0.05) is 13.1 Å². The Morgan fingerprint density at radius 2 is 2.41 bits per heavy atom. The number of carbonyl (C=O) groups is 1. The predicted octanol–water partition coefficient (Wildman–Crippen LogP) is 0.810. The van der Waals surface area contributed by atoms with E-state index in [1.165, 1.54) is 0 Å². The van der Waals surface area contributed by atoms with E-state index in [-0.39, 0.29) is 12.5 Å². The van der Waals surface area contributed by atoms with E-state index >= 15 is 0 Å². The van der Waals surface area contributed by atoms with Crippen LogP contribution in [0.3, 0.4) is 0 Å². The second-order valence-corrected chi connectivity index (χ2v) is 4.14. The number of aromatic nitrogens is 2. The maximum absolute atomic E-state index is 10.6. The van der Waals surface area contributed by atoms with Gasteiger partial charge in [0.25, 0.3) is 0 Å². The molecule has 17 heavy (non-hydrogen) atoms. The molecule has 1 unspecified atom stereocenters. The van der Waals surface area contributed by atoms with Crippen LogP contribution in [0.15, 0.2) is 12.1 Å². The minimum atomic E-state index is -0.862. The summed E-state index contributed by atoms with van der Waals surface area (Å²) >= 11 is 5.65. The average molecular weight is 258 g/mol. The normalized spacial score (nSPS) is 20.3. The van der Waals surface area contributed by atoms with E-state index < -0.39 is 5.97 Å². The van der Waals surface area contributed by atoms with Crippen molar-refractivity contribution in [1.82, 2.24) is 10.2 Å². The molecule has 0 aromatic carbocycles. The molecule has 1 saturated heterocycles. The van der Waals surface area contributed by atoms with Crippen LogP contribution in [-0.4, -0.2) is 47.1 Å². The molecule has 1 aliphatic rings. The van der Waals surface area contributed by atoms with Gasteiger partial charge in [0.15, 0.2) is 11.0 Å². The van der Waals surface area contributed by atoms with Crippen LogP contribution < -0.4 is 4.90 Å². The molecule has 0 amide bonds. The molecular formula is C10H12ClN3O3. The molecule has 6 nitrogen and oxygen atoms in total. The smallest absolute Gasteiger partial charge is 0.306 e. The Kier molecular flexibility index (Phi) is 3.75. The molecule has 1 atom stereocenters. The lowest BCUT2D eigenvalue weighted by Gasteiger charge is -2.32. The van der Waals surface area contributed by atoms with Crippen LogP contribution in [0.25, 0.3) is 0 Å². The molecule has 1 aromatic heterocycles. The first-order valence-electron chi connectivity index (χ1n) is 5.23. The van der Waals surface area contributed by atoms with Gasteiger partial charge >= 0.3 is 5.97 Å². The minimum Gasteiger partial charge on any atom is -0.481 e. The topological polar surface area (TPSA) is 75.5 Å². The molecule has 0 aliphatic carbocycles. The zero-order chi connectivity index (χ0) is 12.3. The predicted molar refractivity (Wildman–Crippen MR) is 61.2 cm³/mol. The number of anilines is 1. The van der Waals surface area contributed by atoms with E-state index in [2.05, 4.69) is 10.2 Å². The summed E-state index contributed by atoms with van der Waals surface area (Å²) in [7, 11) is 0. The Labute approximate surface area is 103 Å².